The van der Waals surface area contributed by atoms with Gasteiger partial charge in [0.2, 0.25) is 5.91 Å². The van der Waals surface area contributed by atoms with Crippen molar-refractivity contribution in [3.05, 3.63) is 60.2 Å². The van der Waals surface area contributed by atoms with E-state index in [0.29, 0.717) is 17.2 Å². The van der Waals surface area contributed by atoms with Gasteiger partial charge in [0.15, 0.2) is 11.5 Å². The summed E-state index contributed by atoms with van der Waals surface area (Å²) < 4.78 is 0. The second kappa shape index (κ2) is 9.86. The molecule has 4 aromatic heterocycles. The van der Waals surface area contributed by atoms with Crippen LogP contribution in [0.1, 0.15) is 25.2 Å². The number of H-pyrrole nitrogens is 2. The summed E-state index contributed by atoms with van der Waals surface area (Å²) >= 11 is 0. The van der Waals surface area contributed by atoms with Crippen LogP contribution in [0, 0.1) is 5.92 Å². The smallest absolute Gasteiger partial charge is 0.226 e. The van der Waals surface area contributed by atoms with Gasteiger partial charge in [0.1, 0.15) is 11.2 Å². The number of nitrogens with one attached hydrogen (secondary N) is 3. The Bertz CT molecular complexity index is 1550. The van der Waals surface area contributed by atoms with E-state index in [4.69, 9.17) is 9.97 Å². The second-order valence-electron chi connectivity index (χ2n) is 10.2. The summed E-state index contributed by atoms with van der Waals surface area (Å²) in [4.78, 5) is 34.7. The first-order chi connectivity index (χ1) is 18.5. The average molecular weight is 510 g/mol. The summed E-state index contributed by atoms with van der Waals surface area (Å²) in [5.41, 5.74) is 7.60. The molecule has 1 aliphatic heterocycles. The highest BCUT2D eigenvalue weighted by Gasteiger charge is 2.25. The minimum absolute atomic E-state index is 0.0538. The molecule has 6 rings (SSSR count). The van der Waals surface area contributed by atoms with Crippen LogP contribution in [0.25, 0.3) is 39.5 Å². The minimum atomic E-state index is -0.118. The molecule has 1 aliphatic carbocycles. The summed E-state index contributed by atoms with van der Waals surface area (Å²) in [7, 11) is 2.16. The summed E-state index contributed by atoms with van der Waals surface area (Å²) in [6.07, 6.45) is 10.6. The Labute approximate surface area is 220 Å². The van der Waals surface area contributed by atoms with Gasteiger partial charge in [-0.3, -0.25) is 14.9 Å². The lowest BCUT2D eigenvalue weighted by atomic mass is 10.1. The molecule has 0 spiro atoms. The Morgan fingerprint density at radius 2 is 1.92 bits per heavy atom. The summed E-state index contributed by atoms with van der Waals surface area (Å²) in [5, 5.41) is 10.6. The number of hydrogen-bond acceptors (Lipinski definition) is 7. The number of anilines is 1. The van der Waals surface area contributed by atoms with Gasteiger partial charge < -0.3 is 20.1 Å². The Balaban J connectivity index is 1.34. The Kier molecular flexibility index (Phi) is 6.24. The fourth-order valence-electron chi connectivity index (χ4n) is 4.77. The zero-order chi connectivity index (χ0) is 26.2. The molecule has 3 N–H and O–H groups in total. The lowest BCUT2D eigenvalue weighted by molar-refractivity contribution is -0.118. The van der Waals surface area contributed by atoms with Crippen molar-refractivity contribution in [2.24, 2.45) is 5.92 Å². The molecule has 0 bridgehead atoms. The fraction of sp³-hybridized carbons (Fsp3) is 0.321. The van der Waals surface area contributed by atoms with Crippen molar-refractivity contribution in [2.75, 3.05) is 38.5 Å². The van der Waals surface area contributed by atoms with E-state index in [2.05, 4.69) is 60.6 Å². The Morgan fingerprint density at radius 3 is 2.74 bits per heavy atom. The molecule has 5 heterocycles. The number of aromatic amines is 2. The van der Waals surface area contributed by atoms with E-state index in [0.717, 1.165) is 72.0 Å². The molecule has 10 heteroatoms. The van der Waals surface area contributed by atoms with Crippen molar-refractivity contribution < 1.29 is 4.79 Å². The van der Waals surface area contributed by atoms with Crippen molar-refractivity contribution in [3.8, 4) is 22.8 Å². The number of carbonyl (C=O) groups is 1. The third kappa shape index (κ3) is 4.58. The SMILES string of the molecule is CC(C)C(=O)Nc1cncc(-c2ccc3[nH]nc(-c4nc5c([nH]4)CC=CC=C5N4CCN(C)CC4)c3n2)c1. The first-order valence-corrected chi connectivity index (χ1v) is 13.0. The molecule has 38 heavy (non-hydrogen) atoms. The summed E-state index contributed by atoms with van der Waals surface area (Å²) in [6, 6.07) is 5.77. The van der Waals surface area contributed by atoms with E-state index >= 15 is 0 Å². The van der Waals surface area contributed by atoms with Gasteiger partial charge >= 0.3 is 0 Å². The maximum atomic E-state index is 12.2. The van der Waals surface area contributed by atoms with Gasteiger partial charge in [0.05, 0.1) is 28.8 Å². The number of fused-ring (bicyclic) bond motifs is 2. The predicted molar refractivity (Wildman–Crippen MR) is 148 cm³/mol. The molecule has 2 aliphatic rings. The van der Waals surface area contributed by atoms with Gasteiger partial charge in [-0.15, -0.1) is 0 Å². The molecule has 1 saturated heterocycles. The first-order valence-electron chi connectivity index (χ1n) is 13.0. The number of allylic oxidation sites excluding steroid dienone is 3. The topological polar surface area (TPSA) is 119 Å². The van der Waals surface area contributed by atoms with E-state index < -0.39 is 0 Å². The second-order valence-corrected chi connectivity index (χ2v) is 10.2. The van der Waals surface area contributed by atoms with Crippen LogP contribution in [0.3, 0.4) is 0 Å². The van der Waals surface area contributed by atoms with Crippen LogP contribution < -0.4 is 5.32 Å². The van der Waals surface area contributed by atoms with Gasteiger partial charge in [0.25, 0.3) is 0 Å². The molecule has 0 radical (unpaired) electrons. The van der Waals surface area contributed by atoms with Crippen molar-refractivity contribution in [1.82, 2.24) is 39.9 Å². The molecule has 0 aromatic carbocycles. The van der Waals surface area contributed by atoms with E-state index in [1.54, 1.807) is 12.4 Å². The molecular weight excluding hydrogens is 478 g/mol. The Morgan fingerprint density at radius 1 is 1.08 bits per heavy atom. The van der Waals surface area contributed by atoms with E-state index in [1.165, 1.54) is 0 Å². The number of carbonyl (C=O) groups excluding carboxylic acids is 1. The summed E-state index contributed by atoms with van der Waals surface area (Å²) in [5.74, 6) is 0.520. The molecule has 0 atom stereocenters. The Hall–Kier alpha value is -4.31. The highest BCUT2D eigenvalue weighted by atomic mass is 16.1. The van der Waals surface area contributed by atoms with Crippen molar-refractivity contribution in [1.29, 1.82) is 0 Å². The third-order valence-corrected chi connectivity index (χ3v) is 7.04. The number of likely N-dealkylation sites (N-methyl/N-ethyl adjacent to an activating group) is 1. The number of amides is 1. The zero-order valence-corrected chi connectivity index (χ0v) is 21.8. The van der Waals surface area contributed by atoms with Gasteiger partial charge in [-0.25, -0.2) is 9.97 Å². The predicted octanol–water partition coefficient (Wildman–Crippen LogP) is 3.71. The van der Waals surface area contributed by atoms with Gasteiger partial charge in [-0.2, -0.15) is 5.10 Å². The lowest BCUT2D eigenvalue weighted by Crippen LogP contribution is -2.43. The largest absolute Gasteiger partial charge is 0.367 e. The molecule has 194 valence electrons. The number of rotatable bonds is 5. The standard InChI is InChI=1S/C28H31N9O/c1-17(2)28(38)30-19-14-18(15-29-16-19)20-8-9-22-25(31-20)26(35-34-22)27-32-21-6-4-5-7-23(24(21)33-27)37-12-10-36(3)11-13-37/h4-5,7-9,14-17H,6,10-13H2,1-3H3,(H,30,38)(H,32,33)(H,34,35). The van der Waals surface area contributed by atoms with E-state index in [9.17, 15) is 4.79 Å². The molecule has 4 aromatic rings. The van der Waals surface area contributed by atoms with Crippen LogP contribution in [0.2, 0.25) is 0 Å². The van der Waals surface area contributed by atoms with Crippen molar-refractivity contribution >= 4 is 28.3 Å². The number of pyridine rings is 2. The van der Waals surface area contributed by atoms with Crippen LogP contribution >= 0.6 is 0 Å². The number of nitrogens with zero attached hydrogens (tertiary/aromatic N) is 6. The van der Waals surface area contributed by atoms with E-state index in [-0.39, 0.29) is 11.8 Å². The quantitative estimate of drug-likeness (QED) is 0.375. The average Bonchev–Trinajstić information content (AvgIpc) is 3.48. The van der Waals surface area contributed by atoms with Gasteiger partial charge in [0, 0.05) is 56.0 Å². The van der Waals surface area contributed by atoms with Crippen LogP contribution in [-0.2, 0) is 11.2 Å². The minimum Gasteiger partial charge on any atom is -0.367 e. The monoisotopic (exact) mass is 509 g/mol. The highest BCUT2D eigenvalue weighted by molar-refractivity contribution is 5.93. The third-order valence-electron chi connectivity index (χ3n) is 7.04. The van der Waals surface area contributed by atoms with Crippen LogP contribution in [-0.4, -0.2) is 79.1 Å². The van der Waals surface area contributed by atoms with Crippen LogP contribution in [0.4, 0.5) is 5.69 Å². The van der Waals surface area contributed by atoms with Gasteiger partial charge in [-0.05, 0) is 31.3 Å². The molecular formula is C28H31N9O. The normalized spacial score (nSPS) is 16.0. The number of piperazine rings is 1. The maximum Gasteiger partial charge on any atom is 0.226 e. The molecule has 0 unspecified atom stereocenters. The lowest BCUT2D eigenvalue weighted by Gasteiger charge is -2.35. The number of imidazole rings is 1. The van der Waals surface area contributed by atoms with E-state index in [1.807, 2.05) is 32.0 Å². The van der Waals surface area contributed by atoms with Crippen LogP contribution in [0.15, 0.2) is 48.8 Å². The molecule has 0 saturated carbocycles. The maximum absolute atomic E-state index is 12.2. The molecule has 1 amide bonds. The number of hydrogen-bond donors (Lipinski definition) is 3. The van der Waals surface area contributed by atoms with Gasteiger partial charge in [-0.1, -0.05) is 26.0 Å². The molecule has 1 fully saturated rings. The highest BCUT2D eigenvalue weighted by Crippen LogP contribution is 2.31. The number of aromatic nitrogens is 6. The summed E-state index contributed by atoms with van der Waals surface area (Å²) in [6.45, 7) is 7.72. The van der Waals surface area contributed by atoms with Crippen LogP contribution in [0.5, 0.6) is 0 Å². The van der Waals surface area contributed by atoms with Crippen molar-refractivity contribution in [3.63, 3.8) is 0 Å². The van der Waals surface area contributed by atoms with Crippen molar-refractivity contribution in [2.45, 2.75) is 20.3 Å². The first kappa shape index (κ1) is 24.1. The fourth-order valence-corrected chi connectivity index (χ4v) is 4.77. The molecule has 10 nitrogen and oxygen atoms in total. The zero-order valence-electron chi connectivity index (χ0n) is 21.8.